The first-order valence-corrected chi connectivity index (χ1v) is 8.73. The van der Waals surface area contributed by atoms with Crippen LogP contribution in [0.25, 0.3) is 17.4 Å². The quantitative estimate of drug-likeness (QED) is 0.412. The number of ether oxygens (including phenoxy) is 1. The molecule has 1 aliphatic heterocycles. The van der Waals surface area contributed by atoms with Gasteiger partial charge in [0.1, 0.15) is 11.5 Å². The van der Waals surface area contributed by atoms with Gasteiger partial charge in [-0.2, -0.15) is 0 Å². The van der Waals surface area contributed by atoms with E-state index < -0.39 is 11.9 Å². The number of hydrogen-bond donors (Lipinski definition) is 0. The largest absolute Gasteiger partial charge is 0.459 e. The van der Waals surface area contributed by atoms with Gasteiger partial charge in [-0.1, -0.05) is 21.1 Å². The second-order valence-corrected chi connectivity index (χ2v) is 6.88. The van der Waals surface area contributed by atoms with E-state index in [1.54, 1.807) is 51.1 Å². The minimum Gasteiger partial charge on any atom is -0.459 e. The highest BCUT2D eigenvalue weighted by molar-refractivity contribution is 9.10. The van der Waals surface area contributed by atoms with E-state index in [0.29, 0.717) is 33.9 Å². The van der Waals surface area contributed by atoms with Crippen LogP contribution in [0.5, 0.6) is 0 Å². The van der Waals surface area contributed by atoms with Crippen LogP contribution in [-0.4, -0.2) is 23.8 Å². The number of halogens is 1. The number of nitrogens with zero attached hydrogens (tertiary/aromatic N) is 1. The molecule has 26 heavy (non-hydrogen) atoms. The molecule has 0 radical (unpaired) electrons. The van der Waals surface area contributed by atoms with Gasteiger partial charge in [0.2, 0.25) is 0 Å². The Morgan fingerprint density at radius 3 is 2.69 bits per heavy atom. The fraction of sp³-hybridized carbons (Fsp3) is 0.211. The minimum atomic E-state index is -0.523. The van der Waals surface area contributed by atoms with Gasteiger partial charge in [-0.3, -0.25) is 0 Å². The Bertz CT molecular complexity index is 939. The maximum absolute atomic E-state index is 12.4. The average Bonchev–Trinajstić information content (AvgIpc) is 3.16. The Hall–Kier alpha value is -2.67. The molecule has 1 aromatic carbocycles. The highest BCUT2D eigenvalue weighted by Crippen LogP contribution is 2.30. The molecule has 1 aliphatic rings. The van der Waals surface area contributed by atoms with E-state index >= 15 is 0 Å². The average molecular weight is 418 g/mol. The van der Waals surface area contributed by atoms with E-state index in [2.05, 4.69) is 25.9 Å². The monoisotopic (exact) mass is 417 g/mol. The summed E-state index contributed by atoms with van der Waals surface area (Å²) in [6.45, 7) is 5.25. The molecule has 134 valence electrons. The van der Waals surface area contributed by atoms with Crippen molar-refractivity contribution in [3.05, 3.63) is 51.7 Å². The van der Waals surface area contributed by atoms with Gasteiger partial charge < -0.3 is 14.0 Å². The van der Waals surface area contributed by atoms with Crippen LogP contribution in [0.3, 0.4) is 0 Å². The first-order chi connectivity index (χ1) is 12.3. The number of hydrogen-bond acceptors (Lipinski definition) is 6. The van der Waals surface area contributed by atoms with Crippen molar-refractivity contribution in [2.24, 2.45) is 5.16 Å². The molecule has 3 rings (SSSR count). The molecule has 0 spiro atoms. The van der Waals surface area contributed by atoms with Crippen molar-refractivity contribution in [2.75, 3.05) is 0 Å². The molecular formula is C19H16BrNO5. The van der Waals surface area contributed by atoms with Gasteiger partial charge in [0, 0.05) is 10.0 Å². The molecule has 7 heteroatoms. The molecule has 0 N–H and O–H groups in total. The lowest BCUT2D eigenvalue weighted by molar-refractivity contribution is -0.136. The van der Waals surface area contributed by atoms with Crippen molar-refractivity contribution in [2.45, 2.75) is 26.9 Å². The van der Waals surface area contributed by atoms with Crippen molar-refractivity contribution in [3.8, 4) is 11.3 Å². The van der Waals surface area contributed by atoms with Crippen LogP contribution in [0, 0.1) is 0 Å². The molecule has 0 saturated heterocycles. The molecular weight excluding hydrogens is 402 g/mol. The molecule has 0 fully saturated rings. The Balaban J connectivity index is 1.97. The lowest BCUT2D eigenvalue weighted by atomic mass is 10.1. The number of carbonyl (C=O) groups excluding carboxylic acids is 2. The van der Waals surface area contributed by atoms with Crippen LogP contribution in [0.15, 0.2) is 50.0 Å². The molecule has 0 aliphatic carbocycles. The predicted octanol–water partition coefficient (Wildman–Crippen LogP) is 4.59. The smallest absolute Gasteiger partial charge is 0.367 e. The molecule has 2 aromatic rings. The lowest BCUT2D eigenvalue weighted by Crippen LogP contribution is -2.12. The summed E-state index contributed by atoms with van der Waals surface area (Å²) in [7, 11) is 0. The normalized spacial score (nSPS) is 15.3. The van der Waals surface area contributed by atoms with Crippen LogP contribution >= 0.6 is 15.9 Å². The molecule has 0 amide bonds. The van der Waals surface area contributed by atoms with Gasteiger partial charge in [0.25, 0.3) is 0 Å². The van der Waals surface area contributed by atoms with Gasteiger partial charge in [-0.15, -0.1) is 0 Å². The molecule has 0 saturated carbocycles. The van der Waals surface area contributed by atoms with Crippen molar-refractivity contribution in [3.63, 3.8) is 0 Å². The van der Waals surface area contributed by atoms with Crippen LogP contribution in [-0.2, 0) is 14.4 Å². The molecule has 6 nitrogen and oxygen atoms in total. The van der Waals surface area contributed by atoms with E-state index in [1.165, 1.54) is 0 Å². The zero-order chi connectivity index (χ0) is 18.8. The van der Waals surface area contributed by atoms with E-state index in [1.807, 2.05) is 6.07 Å². The van der Waals surface area contributed by atoms with Gasteiger partial charge in [0.05, 0.1) is 23.0 Å². The van der Waals surface area contributed by atoms with E-state index in [9.17, 15) is 9.59 Å². The Morgan fingerprint density at radius 2 is 2.04 bits per heavy atom. The third kappa shape index (κ3) is 3.77. The Labute approximate surface area is 158 Å². The second-order valence-electron chi connectivity index (χ2n) is 5.96. The summed E-state index contributed by atoms with van der Waals surface area (Å²) in [5, 5.41) is 3.63. The van der Waals surface area contributed by atoms with Crippen LogP contribution in [0.1, 0.15) is 36.9 Å². The minimum absolute atomic E-state index is 0.234. The van der Waals surface area contributed by atoms with Crippen molar-refractivity contribution in [1.29, 1.82) is 0 Å². The number of benzene rings is 1. The second kappa shape index (κ2) is 7.29. The Kier molecular flexibility index (Phi) is 5.08. The third-order valence-electron chi connectivity index (χ3n) is 3.60. The summed E-state index contributed by atoms with van der Waals surface area (Å²) in [4.78, 5) is 28.7. The summed E-state index contributed by atoms with van der Waals surface area (Å²) in [6.07, 6.45) is 1.32. The van der Waals surface area contributed by atoms with E-state index in [0.717, 1.165) is 4.47 Å². The van der Waals surface area contributed by atoms with Gasteiger partial charge in [0.15, 0.2) is 0 Å². The summed E-state index contributed by atoms with van der Waals surface area (Å²) in [5.74, 6) is -0.0178. The molecule has 2 heterocycles. The molecule has 0 atom stereocenters. The van der Waals surface area contributed by atoms with Gasteiger partial charge >= 0.3 is 11.9 Å². The molecule has 0 unspecified atom stereocenters. The Morgan fingerprint density at radius 1 is 1.27 bits per heavy atom. The summed E-state index contributed by atoms with van der Waals surface area (Å²) in [5.41, 5.74) is 1.81. The fourth-order valence-electron chi connectivity index (χ4n) is 2.41. The maximum atomic E-state index is 12.4. The van der Waals surface area contributed by atoms with E-state index in [4.69, 9.17) is 9.15 Å². The summed E-state index contributed by atoms with van der Waals surface area (Å²) < 4.78 is 11.9. The summed E-state index contributed by atoms with van der Waals surface area (Å²) >= 11 is 3.37. The highest BCUT2D eigenvalue weighted by Gasteiger charge is 2.23. The first kappa shape index (κ1) is 18.1. The SMILES string of the molecule is CC1=NOC(=O)/C1=C\c1ccc(-c2ccc(Br)cc2C(=O)OC(C)C)o1. The predicted molar refractivity (Wildman–Crippen MR) is 99.6 cm³/mol. The standard InChI is InChI=1S/C19H16BrNO5/c1-10(2)24-18(22)16-8-12(20)4-6-14(16)17-7-5-13(25-17)9-15-11(3)21-26-19(15)23/h4-10H,1-3H3/b15-9-. The van der Waals surface area contributed by atoms with Gasteiger partial charge in [-0.25, -0.2) is 9.59 Å². The summed E-state index contributed by atoms with van der Waals surface area (Å²) in [6, 6.07) is 8.71. The van der Waals surface area contributed by atoms with Crippen LogP contribution in [0.2, 0.25) is 0 Å². The number of oxime groups is 1. The number of esters is 1. The topological polar surface area (TPSA) is 78.1 Å². The van der Waals surface area contributed by atoms with E-state index in [-0.39, 0.29) is 6.10 Å². The van der Waals surface area contributed by atoms with Crippen LogP contribution in [0.4, 0.5) is 0 Å². The molecule has 0 bridgehead atoms. The van der Waals surface area contributed by atoms with Crippen LogP contribution < -0.4 is 0 Å². The highest BCUT2D eigenvalue weighted by atomic mass is 79.9. The maximum Gasteiger partial charge on any atom is 0.367 e. The zero-order valence-corrected chi connectivity index (χ0v) is 16.0. The van der Waals surface area contributed by atoms with Crippen molar-refractivity contribution in [1.82, 2.24) is 0 Å². The zero-order valence-electron chi connectivity index (χ0n) is 14.4. The number of carbonyl (C=O) groups is 2. The number of rotatable bonds is 4. The molecule has 1 aromatic heterocycles. The van der Waals surface area contributed by atoms with Gasteiger partial charge in [-0.05, 0) is 57.2 Å². The fourth-order valence-corrected chi connectivity index (χ4v) is 2.78. The number of furan rings is 1. The van der Waals surface area contributed by atoms with Crippen molar-refractivity contribution >= 4 is 39.7 Å². The lowest BCUT2D eigenvalue weighted by Gasteiger charge is -2.11. The van der Waals surface area contributed by atoms with Crippen molar-refractivity contribution < 1.29 is 23.6 Å². The first-order valence-electron chi connectivity index (χ1n) is 7.94. The third-order valence-corrected chi connectivity index (χ3v) is 4.09.